The van der Waals surface area contributed by atoms with E-state index in [9.17, 15) is 13.2 Å². The average Bonchev–Trinajstić information content (AvgIpc) is 2.26. The van der Waals surface area contributed by atoms with Crippen LogP contribution in [0.1, 0.15) is 0 Å². The third kappa shape index (κ3) is 2.61. The summed E-state index contributed by atoms with van der Waals surface area (Å²) in [6.07, 6.45) is 0. The van der Waals surface area contributed by atoms with Crippen LogP contribution in [-0.4, -0.2) is 7.85 Å². The molecule has 0 atom stereocenters. The van der Waals surface area contributed by atoms with Gasteiger partial charge in [0.15, 0.2) is 0 Å². The molecule has 0 aliphatic carbocycles. The zero-order chi connectivity index (χ0) is 12.4. The number of ether oxygens (including phenoxy) is 1. The molecule has 0 heterocycles. The molecule has 2 rings (SSSR count). The summed E-state index contributed by atoms with van der Waals surface area (Å²) in [5.74, 6) is -1.69. The van der Waals surface area contributed by atoms with Crippen LogP contribution in [0.3, 0.4) is 0 Å². The monoisotopic (exact) mass is 236 g/mol. The normalized spacial score (nSPS) is 10.3. The van der Waals surface area contributed by atoms with E-state index < -0.39 is 17.5 Å². The quantitative estimate of drug-likeness (QED) is 0.726. The molecule has 0 N–H and O–H groups in total. The SMILES string of the molecule is Bc1c(F)cc(Oc2cccc(F)c2)cc1F. The zero-order valence-corrected chi connectivity index (χ0v) is 9.01. The summed E-state index contributed by atoms with van der Waals surface area (Å²) in [5, 5.41) is 0. The Morgan fingerprint density at radius 2 is 1.53 bits per heavy atom. The lowest BCUT2D eigenvalue weighted by atomic mass is 9.95. The van der Waals surface area contributed by atoms with E-state index >= 15 is 0 Å². The minimum atomic E-state index is -0.698. The number of halogens is 3. The Balaban J connectivity index is 2.31. The molecule has 17 heavy (non-hydrogen) atoms. The van der Waals surface area contributed by atoms with Crippen molar-refractivity contribution < 1.29 is 17.9 Å². The molecule has 0 amide bonds. The first-order valence-electron chi connectivity index (χ1n) is 4.95. The standard InChI is InChI=1S/C12H8BF3O/c13-12-10(15)5-9(6-11(12)16)17-8-3-1-2-7(14)4-8/h1-6H,13H2. The Kier molecular flexibility index (Phi) is 3.09. The Morgan fingerprint density at radius 1 is 0.882 bits per heavy atom. The van der Waals surface area contributed by atoms with Crippen molar-refractivity contribution in [1.82, 2.24) is 0 Å². The topological polar surface area (TPSA) is 9.23 Å². The number of hydrogen-bond acceptors (Lipinski definition) is 1. The number of rotatable bonds is 2. The van der Waals surface area contributed by atoms with Crippen LogP contribution in [0.5, 0.6) is 11.5 Å². The highest BCUT2D eigenvalue weighted by Crippen LogP contribution is 2.22. The van der Waals surface area contributed by atoms with E-state index in [2.05, 4.69) is 0 Å². The second-order valence-electron chi connectivity index (χ2n) is 3.57. The molecule has 0 saturated carbocycles. The highest BCUT2D eigenvalue weighted by molar-refractivity contribution is 6.32. The number of benzene rings is 2. The molecule has 86 valence electrons. The highest BCUT2D eigenvalue weighted by Gasteiger charge is 2.08. The van der Waals surface area contributed by atoms with E-state index in [0.717, 1.165) is 18.2 Å². The molecular weight excluding hydrogens is 228 g/mol. The average molecular weight is 236 g/mol. The molecule has 1 nitrogen and oxygen atoms in total. The van der Waals surface area contributed by atoms with Gasteiger partial charge in [-0.3, -0.25) is 0 Å². The second-order valence-corrected chi connectivity index (χ2v) is 3.57. The largest absolute Gasteiger partial charge is 0.457 e. The van der Waals surface area contributed by atoms with Crippen LogP contribution in [0.25, 0.3) is 0 Å². The zero-order valence-electron chi connectivity index (χ0n) is 9.01. The molecule has 5 heteroatoms. The van der Waals surface area contributed by atoms with Gasteiger partial charge in [-0.05, 0) is 17.6 Å². The van der Waals surface area contributed by atoms with Crippen molar-refractivity contribution in [1.29, 1.82) is 0 Å². The van der Waals surface area contributed by atoms with Crippen molar-refractivity contribution in [2.45, 2.75) is 0 Å². The van der Waals surface area contributed by atoms with E-state index in [1.54, 1.807) is 0 Å². The van der Waals surface area contributed by atoms with Crippen molar-refractivity contribution in [3.8, 4) is 11.5 Å². The van der Waals surface area contributed by atoms with E-state index in [1.807, 2.05) is 0 Å². The van der Waals surface area contributed by atoms with Crippen molar-refractivity contribution >= 4 is 13.3 Å². The lowest BCUT2D eigenvalue weighted by Gasteiger charge is -2.07. The predicted molar refractivity (Wildman–Crippen MR) is 61.0 cm³/mol. The summed E-state index contributed by atoms with van der Waals surface area (Å²) in [5.41, 5.74) is -0.0726. The molecule has 0 aromatic heterocycles. The van der Waals surface area contributed by atoms with Crippen molar-refractivity contribution in [2.24, 2.45) is 0 Å². The molecule has 0 aliphatic rings. The van der Waals surface area contributed by atoms with Gasteiger partial charge in [0, 0.05) is 18.2 Å². The molecule has 0 aliphatic heterocycles. The smallest absolute Gasteiger partial charge is 0.147 e. The van der Waals surface area contributed by atoms with Gasteiger partial charge < -0.3 is 4.74 Å². The minimum absolute atomic E-state index is 0.00352. The molecule has 2 aromatic rings. The molecule has 0 unspecified atom stereocenters. The Labute approximate surface area is 97.3 Å². The highest BCUT2D eigenvalue weighted by atomic mass is 19.1. The van der Waals surface area contributed by atoms with Gasteiger partial charge in [0.05, 0.1) is 0 Å². The van der Waals surface area contributed by atoms with Gasteiger partial charge in [-0.25, -0.2) is 13.2 Å². The van der Waals surface area contributed by atoms with Crippen molar-refractivity contribution in [3.05, 3.63) is 53.8 Å². The van der Waals surface area contributed by atoms with Crippen LogP contribution in [0.2, 0.25) is 0 Å². The fourth-order valence-electron chi connectivity index (χ4n) is 1.35. The van der Waals surface area contributed by atoms with E-state index in [0.29, 0.717) is 0 Å². The fourth-order valence-corrected chi connectivity index (χ4v) is 1.35. The minimum Gasteiger partial charge on any atom is -0.457 e. The van der Waals surface area contributed by atoms with Gasteiger partial charge in [-0.1, -0.05) is 6.07 Å². The van der Waals surface area contributed by atoms with E-state index in [-0.39, 0.29) is 17.0 Å². The maximum atomic E-state index is 13.2. The van der Waals surface area contributed by atoms with Gasteiger partial charge in [0.25, 0.3) is 0 Å². The van der Waals surface area contributed by atoms with Gasteiger partial charge in [-0.15, -0.1) is 0 Å². The maximum Gasteiger partial charge on any atom is 0.147 e. The summed E-state index contributed by atoms with van der Waals surface area (Å²) < 4.78 is 44.5. The van der Waals surface area contributed by atoms with E-state index in [4.69, 9.17) is 4.74 Å². The Hall–Kier alpha value is -1.91. The molecule has 0 spiro atoms. The predicted octanol–water partition coefficient (Wildman–Crippen LogP) is 2.15. The summed E-state index contributed by atoms with van der Waals surface area (Å²) in [4.78, 5) is 0. The van der Waals surface area contributed by atoms with Gasteiger partial charge in [0.1, 0.15) is 36.8 Å². The third-order valence-electron chi connectivity index (χ3n) is 2.29. The Bertz CT molecular complexity index is 534. The van der Waals surface area contributed by atoms with Crippen LogP contribution < -0.4 is 10.2 Å². The molecule has 0 bridgehead atoms. The van der Waals surface area contributed by atoms with Crippen LogP contribution in [0, 0.1) is 17.5 Å². The molecule has 2 aromatic carbocycles. The summed E-state index contributed by atoms with van der Waals surface area (Å²) in [7, 11) is 1.33. The molecule has 0 fully saturated rings. The summed E-state index contributed by atoms with van der Waals surface area (Å²) in [6, 6.07) is 7.45. The van der Waals surface area contributed by atoms with Gasteiger partial charge in [-0.2, -0.15) is 0 Å². The first-order chi connectivity index (χ1) is 8.06. The van der Waals surface area contributed by atoms with Gasteiger partial charge in [0.2, 0.25) is 0 Å². The maximum absolute atomic E-state index is 13.2. The second kappa shape index (κ2) is 4.53. The van der Waals surface area contributed by atoms with Crippen molar-refractivity contribution in [3.63, 3.8) is 0 Å². The van der Waals surface area contributed by atoms with Crippen LogP contribution >= 0.6 is 0 Å². The van der Waals surface area contributed by atoms with Crippen LogP contribution in [0.15, 0.2) is 36.4 Å². The van der Waals surface area contributed by atoms with E-state index in [1.165, 1.54) is 26.0 Å². The summed E-state index contributed by atoms with van der Waals surface area (Å²) >= 11 is 0. The molecule has 0 radical (unpaired) electrons. The lowest BCUT2D eigenvalue weighted by molar-refractivity contribution is 0.465. The molecular formula is C12H8BF3O. The lowest BCUT2D eigenvalue weighted by Crippen LogP contribution is -2.13. The first-order valence-corrected chi connectivity index (χ1v) is 4.95. The first kappa shape index (κ1) is 11.6. The van der Waals surface area contributed by atoms with Gasteiger partial charge >= 0.3 is 0 Å². The summed E-state index contributed by atoms with van der Waals surface area (Å²) in [6.45, 7) is 0. The molecule has 0 saturated heterocycles. The third-order valence-corrected chi connectivity index (χ3v) is 2.29. The van der Waals surface area contributed by atoms with Crippen LogP contribution in [0.4, 0.5) is 13.2 Å². The number of hydrogen-bond donors (Lipinski definition) is 0. The Morgan fingerprint density at radius 3 is 2.12 bits per heavy atom. The van der Waals surface area contributed by atoms with Crippen molar-refractivity contribution in [2.75, 3.05) is 0 Å². The van der Waals surface area contributed by atoms with Crippen LogP contribution in [-0.2, 0) is 0 Å². The fraction of sp³-hybridized carbons (Fsp3) is 0.